The van der Waals surface area contributed by atoms with Crippen molar-refractivity contribution in [3.63, 3.8) is 0 Å². The molecular formula is C13H22N2O. The molecule has 4 rings (SSSR count). The van der Waals surface area contributed by atoms with Crippen LogP contribution in [0.25, 0.3) is 0 Å². The molecule has 1 amide bonds. The van der Waals surface area contributed by atoms with Crippen molar-refractivity contribution in [1.82, 2.24) is 10.2 Å². The van der Waals surface area contributed by atoms with E-state index in [-0.39, 0.29) is 0 Å². The van der Waals surface area contributed by atoms with Crippen LogP contribution in [-0.4, -0.2) is 36.5 Å². The molecule has 90 valence electrons. The number of carbonyl (C=O) groups excluding carboxylic acids is 1. The number of fused-ring (bicyclic) bond motifs is 4. The lowest BCUT2D eigenvalue weighted by Gasteiger charge is -2.29. The summed E-state index contributed by atoms with van der Waals surface area (Å²) >= 11 is 0. The second-order valence-corrected chi connectivity index (χ2v) is 5.85. The standard InChI is InChI=1S/C13H22N2O/c16-13(6-10-2-1-3-10)15-8-11-4-5-12(9-15)14-7-11/h10-12,14H,1-9H2/t11-,12-/m0/s1. The van der Waals surface area contributed by atoms with Crippen LogP contribution in [0.4, 0.5) is 0 Å². The number of nitrogens with zero attached hydrogens (tertiary/aromatic N) is 1. The molecule has 1 aliphatic carbocycles. The fourth-order valence-electron chi connectivity index (χ4n) is 3.21. The lowest BCUT2D eigenvalue weighted by atomic mass is 9.82. The molecule has 3 nitrogen and oxygen atoms in total. The Kier molecular flexibility index (Phi) is 2.88. The molecule has 0 radical (unpaired) electrons. The largest absolute Gasteiger partial charge is 0.341 e. The summed E-state index contributed by atoms with van der Waals surface area (Å²) in [6, 6.07) is 0.573. The van der Waals surface area contributed by atoms with E-state index in [0.29, 0.717) is 23.8 Å². The molecule has 0 aromatic heterocycles. The van der Waals surface area contributed by atoms with Crippen LogP contribution < -0.4 is 5.32 Å². The van der Waals surface area contributed by atoms with E-state index in [4.69, 9.17) is 0 Å². The number of hydrogen-bond donors (Lipinski definition) is 1. The fraction of sp³-hybridized carbons (Fsp3) is 0.923. The maximum atomic E-state index is 12.2. The Hall–Kier alpha value is -0.570. The minimum Gasteiger partial charge on any atom is -0.341 e. The van der Waals surface area contributed by atoms with Gasteiger partial charge >= 0.3 is 0 Å². The van der Waals surface area contributed by atoms with Gasteiger partial charge in [0.05, 0.1) is 0 Å². The van der Waals surface area contributed by atoms with Crippen molar-refractivity contribution in [2.24, 2.45) is 11.8 Å². The fourth-order valence-corrected chi connectivity index (χ4v) is 3.21. The molecule has 0 aromatic rings. The summed E-state index contributed by atoms with van der Waals surface area (Å²) in [5.41, 5.74) is 0. The molecular weight excluding hydrogens is 200 g/mol. The van der Waals surface area contributed by atoms with Gasteiger partial charge in [-0.3, -0.25) is 4.79 Å². The number of hydrogen-bond acceptors (Lipinski definition) is 2. The van der Waals surface area contributed by atoms with Crippen LogP contribution in [0, 0.1) is 11.8 Å². The highest BCUT2D eigenvalue weighted by molar-refractivity contribution is 5.76. The number of nitrogens with one attached hydrogen (secondary N) is 1. The number of amides is 1. The van der Waals surface area contributed by atoms with Gasteiger partial charge in [-0.2, -0.15) is 0 Å². The van der Waals surface area contributed by atoms with Crippen molar-refractivity contribution < 1.29 is 4.79 Å². The normalized spacial score (nSPS) is 34.6. The first-order valence-corrected chi connectivity index (χ1v) is 6.82. The lowest BCUT2D eigenvalue weighted by molar-refractivity contribution is -0.133. The molecule has 1 saturated carbocycles. The lowest BCUT2D eigenvalue weighted by Crippen LogP contribution is -2.41. The van der Waals surface area contributed by atoms with E-state index in [1.54, 1.807) is 0 Å². The highest BCUT2D eigenvalue weighted by Gasteiger charge is 2.32. The highest BCUT2D eigenvalue weighted by Crippen LogP contribution is 2.30. The molecule has 0 unspecified atom stereocenters. The first-order chi connectivity index (χ1) is 7.81. The van der Waals surface area contributed by atoms with Gasteiger partial charge in [0, 0.05) is 25.6 Å². The third-order valence-corrected chi connectivity index (χ3v) is 4.58. The molecule has 16 heavy (non-hydrogen) atoms. The van der Waals surface area contributed by atoms with E-state index in [0.717, 1.165) is 26.1 Å². The van der Waals surface area contributed by atoms with Gasteiger partial charge in [0.25, 0.3) is 0 Å². The van der Waals surface area contributed by atoms with Crippen LogP contribution in [0.5, 0.6) is 0 Å². The molecule has 3 saturated heterocycles. The molecule has 2 atom stereocenters. The summed E-state index contributed by atoms with van der Waals surface area (Å²) in [5, 5.41) is 3.55. The molecule has 4 aliphatic rings. The summed E-state index contributed by atoms with van der Waals surface area (Å²) in [4.78, 5) is 14.3. The van der Waals surface area contributed by atoms with E-state index < -0.39 is 0 Å². The smallest absolute Gasteiger partial charge is 0.222 e. The summed E-state index contributed by atoms with van der Waals surface area (Å²) < 4.78 is 0. The van der Waals surface area contributed by atoms with E-state index in [9.17, 15) is 4.79 Å². The molecule has 3 heteroatoms. The van der Waals surface area contributed by atoms with Gasteiger partial charge in [-0.15, -0.1) is 0 Å². The van der Waals surface area contributed by atoms with Gasteiger partial charge in [0.15, 0.2) is 0 Å². The minimum absolute atomic E-state index is 0.422. The molecule has 1 N–H and O–H groups in total. The van der Waals surface area contributed by atoms with Gasteiger partial charge in [-0.1, -0.05) is 6.42 Å². The Balaban J connectivity index is 1.58. The summed E-state index contributed by atoms with van der Waals surface area (Å²) in [6.45, 7) is 3.09. The zero-order chi connectivity index (χ0) is 11.0. The molecule has 0 aromatic carbocycles. The van der Waals surface area contributed by atoms with Crippen LogP contribution >= 0.6 is 0 Å². The van der Waals surface area contributed by atoms with Crippen molar-refractivity contribution in [3.8, 4) is 0 Å². The highest BCUT2D eigenvalue weighted by atomic mass is 16.2. The Morgan fingerprint density at radius 2 is 2.06 bits per heavy atom. The average molecular weight is 222 g/mol. The van der Waals surface area contributed by atoms with Gasteiger partial charge < -0.3 is 10.2 Å². The molecule has 3 heterocycles. The van der Waals surface area contributed by atoms with Crippen LogP contribution in [0.2, 0.25) is 0 Å². The van der Waals surface area contributed by atoms with Crippen LogP contribution in [0.1, 0.15) is 38.5 Å². The van der Waals surface area contributed by atoms with Gasteiger partial charge in [-0.05, 0) is 44.1 Å². The van der Waals surface area contributed by atoms with Crippen LogP contribution in [0.15, 0.2) is 0 Å². The predicted molar refractivity (Wildman–Crippen MR) is 63.1 cm³/mol. The Morgan fingerprint density at radius 3 is 2.69 bits per heavy atom. The summed E-state index contributed by atoms with van der Waals surface area (Å²) in [5.74, 6) is 1.84. The van der Waals surface area contributed by atoms with Crippen molar-refractivity contribution in [1.29, 1.82) is 0 Å². The summed E-state index contributed by atoms with van der Waals surface area (Å²) in [7, 11) is 0. The van der Waals surface area contributed by atoms with Gasteiger partial charge in [0.2, 0.25) is 5.91 Å². The van der Waals surface area contributed by atoms with E-state index >= 15 is 0 Å². The second-order valence-electron chi connectivity index (χ2n) is 5.85. The van der Waals surface area contributed by atoms with Crippen molar-refractivity contribution in [3.05, 3.63) is 0 Å². The first kappa shape index (κ1) is 10.6. The topological polar surface area (TPSA) is 32.3 Å². The van der Waals surface area contributed by atoms with Crippen molar-refractivity contribution in [2.75, 3.05) is 19.6 Å². The molecule has 3 aliphatic heterocycles. The maximum absolute atomic E-state index is 12.2. The first-order valence-electron chi connectivity index (χ1n) is 6.82. The number of carbonyl (C=O) groups is 1. The zero-order valence-corrected chi connectivity index (χ0v) is 9.95. The minimum atomic E-state index is 0.422. The summed E-state index contributed by atoms with van der Waals surface area (Å²) in [6.07, 6.45) is 7.29. The van der Waals surface area contributed by atoms with Crippen LogP contribution in [0.3, 0.4) is 0 Å². The monoisotopic (exact) mass is 222 g/mol. The average Bonchev–Trinajstić information content (AvgIpc) is 2.56. The SMILES string of the molecule is O=C(CC1CCC1)N1C[C@H]2CC[C@@H](C1)NC2. The van der Waals surface area contributed by atoms with E-state index in [1.807, 2.05) is 0 Å². The van der Waals surface area contributed by atoms with Crippen LogP contribution in [-0.2, 0) is 4.79 Å². The number of piperidine rings is 1. The zero-order valence-electron chi connectivity index (χ0n) is 9.95. The third kappa shape index (κ3) is 2.10. The quantitative estimate of drug-likeness (QED) is 0.765. The van der Waals surface area contributed by atoms with Gasteiger partial charge in [0.1, 0.15) is 0 Å². The molecule has 0 spiro atoms. The van der Waals surface area contributed by atoms with E-state index in [1.165, 1.54) is 32.1 Å². The second kappa shape index (κ2) is 4.36. The number of rotatable bonds is 2. The molecule has 2 bridgehead atoms. The Morgan fingerprint density at radius 1 is 1.19 bits per heavy atom. The molecule has 4 fully saturated rings. The predicted octanol–water partition coefficient (Wildman–Crippen LogP) is 1.39. The Bertz CT molecular complexity index is 253. The van der Waals surface area contributed by atoms with Crippen molar-refractivity contribution >= 4 is 5.91 Å². The third-order valence-electron chi connectivity index (χ3n) is 4.58. The van der Waals surface area contributed by atoms with Crippen molar-refractivity contribution in [2.45, 2.75) is 44.6 Å². The maximum Gasteiger partial charge on any atom is 0.222 e. The van der Waals surface area contributed by atoms with Gasteiger partial charge in [-0.25, -0.2) is 0 Å². The Labute approximate surface area is 97.6 Å². The van der Waals surface area contributed by atoms with E-state index in [2.05, 4.69) is 10.2 Å².